The average molecular weight is 329 g/mol. The first-order valence-corrected chi connectivity index (χ1v) is 7.21. The number of ether oxygens (including phenoxy) is 2. The van der Waals surface area contributed by atoms with Crippen molar-refractivity contribution >= 4 is 17.9 Å². The molecule has 5 N–H and O–H groups in total. The SMILES string of the molecule is C=C(C)C(=O)OCCOCC(O)CN(C)C(N)=NC(N)=NCC. The quantitative estimate of drug-likeness (QED) is 0.163. The number of carbonyl (C=O) groups excluding carboxylic acids is 1. The van der Waals surface area contributed by atoms with Gasteiger partial charge in [-0.3, -0.25) is 4.99 Å². The minimum Gasteiger partial charge on any atom is -0.460 e. The van der Waals surface area contributed by atoms with Crippen LogP contribution in [0.15, 0.2) is 22.1 Å². The molecule has 23 heavy (non-hydrogen) atoms. The Balaban J connectivity index is 4.01. The molecular formula is C14H27N5O4. The third kappa shape index (κ3) is 10.3. The zero-order valence-corrected chi connectivity index (χ0v) is 14.0. The van der Waals surface area contributed by atoms with Crippen molar-refractivity contribution in [3.05, 3.63) is 12.2 Å². The number of guanidine groups is 2. The van der Waals surface area contributed by atoms with Gasteiger partial charge < -0.3 is 30.9 Å². The minimum atomic E-state index is -0.782. The zero-order chi connectivity index (χ0) is 17.8. The molecule has 9 heteroatoms. The number of likely N-dealkylation sites (N-methyl/N-ethyl adjacent to an activating group) is 1. The highest BCUT2D eigenvalue weighted by molar-refractivity contribution is 5.93. The summed E-state index contributed by atoms with van der Waals surface area (Å²) in [6.45, 7) is 7.93. The lowest BCUT2D eigenvalue weighted by molar-refractivity contribution is -0.140. The van der Waals surface area contributed by atoms with Gasteiger partial charge in [0.2, 0.25) is 5.96 Å². The number of rotatable bonds is 9. The van der Waals surface area contributed by atoms with E-state index in [0.29, 0.717) is 12.1 Å². The van der Waals surface area contributed by atoms with E-state index >= 15 is 0 Å². The highest BCUT2D eigenvalue weighted by atomic mass is 16.6. The molecule has 0 spiro atoms. The summed E-state index contributed by atoms with van der Waals surface area (Å²) in [5, 5.41) is 9.84. The molecule has 132 valence electrons. The van der Waals surface area contributed by atoms with Crippen LogP contribution in [0.2, 0.25) is 0 Å². The van der Waals surface area contributed by atoms with Crippen LogP contribution in [-0.4, -0.2) is 74.0 Å². The Bertz CT molecular complexity index is 450. The van der Waals surface area contributed by atoms with Gasteiger partial charge >= 0.3 is 5.97 Å². The van der Waals surface area contributed by atoms with Crippen LogP contribution >= 0.6 is 0 Å². The van der Waals surface area contributed by atoms with Gasteiger partial charge in [-0.15, -0.1) is 0 Å². The number of nitrogens with zero attached hydrogens (tertiary/aromatic N) is 3. The van der Waals surface area contributed by atoms with E-state index in [9.17, 15) is 9.90 Å². The second-order valence-corrected chi connectivity index (χ2v) is 4.83. The Kier molecular flexibility index (Phi) is 10.4. The molecule has 9 nitrogen and oxygen atoms in total. The maximum absolute atomic E-state index is 11.1. The number of aliphatic imine (C=N–C) groups is 2. The summed E-state index contributed by atoms with van der Waals surface area (Å²) in [4.78, 5) is 20.4. The molecule has 0 rings (SSSR count). The molecule has 0 heterocycles. The maximum Gasteiger partial charge on any atom is 0.333 e. The highest BCUT2D eigenvalue weighted by Gasteiger charge is 2.11. The van der Waals surface area contributed by atoms with E-state index in [-0.39, 0.29) is 38.3 Å². The number of nitrogens with two attached hydrogens (primary N) is 2. The van der Waals surface area contributed by atoms with E-state index in [0.717, 1.165) is 0 Å². The number of esters is 1. The molecule has 0 fully saturated rings. The summed E-state index contributed by atoms with van der Waals surface area (Å²) in [6.07, 6.45) is -0.782. The highest BCUT2D eigenvalue weighted by Crippen LogP contribution is 1.94. The Hall–Kier alpha value is -2.13. The normalized spacial score (nSPS) is 13.6. The first-order chi connectivity index (χ1) is 10.8. The minimum absolute atomic E-state index is 0.0702. The fourth-order valence-electron chi connectivity index (χ4n) is 1.40. The fourth-order valence-corrected chi connectivity index (χ4v) is 1.40. The second-order valence-electron chi connectivity index (χ2n) is 4.83. The van der Waals surface area contributed by atoms with Crippen molar-refractivity contribution in [1.82, 2.24) is 4.90 Å². The third-order valence-electron chi connectivity index (χ3n) is 2.54. The van der Waals surface area contributed by atoms with Crippen LogP contribution < -0.4 is 11.5 Å². The molecule has 0 radical (unpaired) electrons. The van der Waals surface area contributed by atoms with Gasteiger partial charge in [-0.2, -0.15) is 4.99 Å². The van der Waals surface area contributed by atoms with Crippen molar-refractivity contribution in [1.29, 1.82) is 0 Å². The van der Waals surface area contributed by atoms with Crippen LogP contribution in [0.1, 0.15) is 13.8 Å². The van der Waals surface area contributed by atoms with Gasteiger partial charge in [0, 0.05) is 25.7 Å². The largest absolute Gasteiger partial charge is 0.460 e. The van der Waals surface area contributed by atoms with Gasteiger partial charge in [-0.05, 0) is 13.8 Å². The van der Waals surface area contributed by atoms with Gasteiger partial charge in [0.25, 0.3) is 0 Å². The Morgan fingerprint density at radius 2 is 2.04 bits per heavy atom. The molecule has 0 aliphatic rings. The lowest BCUT2D eigenvalue weighted by Gasteiger charge is -2.21. The van der Waals surface area contributed by atoms with Crippen LogP contribution in [-0.2, 0) is 14.3 Å². The van der Waals surface area contributed by atoms with Crippen LogP contribution in [0.4, 0.5) is 0 Å². The number of aliphatic hydroxyl groups excluding tert-OH is 1. The molecule has 0 saturated carbocycles. The topological polar surface area (TPSA) is 136 Å². The van der Waals surface area contributed by atoms with Gasteiger partial charge in [-0.25, -0.2) is 4.79 Å². The van der Waals surface area contributed by atoms with Gasteiger partial charge in [0.05, 0.1) is 19.3 Å². The summed E-state index contributed by atoms with van der Waals surface area (Å²) in [7, 11) is 1.66. The Labute approximate surface area is 136 Å². The van der Waals surface area contributed by atoms with Crippen molar-refractivity contribution in [2.75, 3.05) is 40.0 Å². The van der Waals surface area contributed by atoms with E-state index in [1.165, 1.54) is 4.90 Å². The predicted octanol–water partition coefficient (Wildman–Crippen LogP) is -0.936. The molecule has 0 aromatic heterocycles. The third-order valence-corrected chi connectivity index (χ3v) is 2.54. The van der Waals surface area contributed by atoms with E-state index in [4.69, 9.17) is 20.9 Å². The molecule has 0 aliphatic carbocycles. The number of hydrogen-bond acceptors (Lipinski definition) is 5. The smallest absolute Gasteiger partial charge is 0.333 e. The van der Waals surface area contributed by atoms with Gasteiger partial charge in [0.15, 0.2) is 5.96 Å². The van der Waals surface area contributed by atoms with E-state index < -0.39 is 12.1 Å². The van der Waals surface area contributed by atoms with E-state index in [2.05, 4.69) is 16.6 Å². The van der Waals surface area contributed by atoms with Crippen molar-refractivity contribution in [3.8, 4) is 0 Å². The van der Waals surface area contributed by atoms with Gasteiger partial charge in [0.1, 0.15) is 6.61 Å². The Morgan fingerprint density at radius 3 is 2.61 bits per heavy atom. The number of aliphatic hydroxyl groups is 1. The fraction of sp³-hybridized carbons (Fsp3) is 0.643. The van der Waals surface area contributed by atoms with Crippen molar-refractivity contribution in [2.45, 2.75) is 20.0 Å². The summed E-state index contributed by atoms with van der Waals surface area (Å²) < 4.78 is 10.1. The summed E-state index contributed by atoms with van der Waals surface area (Å²) in [5.41, 5.74) is 11.6. The first kappa shape index (κ1) is 20.9. The van der Waals surface area contributed by atoms with Crippen LogP contribution in [0.3, 0.4) is 0 Å². The summed E-state index contributed by atoms with van der Waals surface area (Å²) >= 11 is 0. The molecule has 0 aliphatic heterocycles. The summed E-state index contributed by atoms with van der Waals surface area (Å²) in [6, 6.07) is 0. The van der Waals surface area contributed by atoms with E-state index in [1.54, 1.807) is 14.0 Å². The monoisotopic (exact) mass is 329 g/mol. The lowest BCUT2D eigenvalue weighted by Crippen LogP contribution is -2.41. The van der Waals surface area contributed by atoms with Crippen molar-refractivity contribution < 1.29 is 19.4 Å². The Morgan fingerprint density at radius 1 is 1.39 bits per heavy atom. The molecular weight excluding hydrogens is 302 g/mol. The van der Waals surface area contributed by atoms with E-state index in [1.807, 2.05) is 6.92 Å². The molecule has 0 aromatic carbocycles. The van der Waals surface area contributed by atoms with Crippen molar-refractivity contribution in [2.24, 2.45) is 21.5 Å². The van der Waals surface area contributed by atoms with Crippen LogP contribution in [0.25, 0.3) is 0 Å². The standard InChI is InChI=1S/C14H27N5O4/c1-5-17-13(15)18-14(16)19(4)8-11(20)9-22-6-7-23-12(21)10(2)3/h11,20H,2,5-9H2,1,3-4H3,(H4,15,16,17,18). The number of carbonyl (C=O) groups is 1. The summed E-state index contributed by atoms with van der Waals surface area (Å²) in [5.74, 6) is -0.236. The van der Waals surface area contributed by atoms with Crippen LogP contribution in [0.5, 0.6) is 0 Å². The maximum atomic E-state index is 11.1. The zero-order valence-electron chi connectivity index (χ0n) is 14.0. The van der Waals surface area contributed by atoms with Gasteiger partial charge in [-0.1, -0.05) is 6.58 Å². The molecule has 0 bridgehead atoms. The lowest BCUT2D eigenvalue weighted by atomic mass is 10.3. The first-order valence-electron chi connectivity index (χ1n) is 7.21. The molecule has 1 atom stereocenters. The molecule has 0 aromatic rings. The van der Waals surface area contributed by atoms with Crippen LogP contribution in [0, 0.1) is 0 Å². The van der Waals surface area contributed by atoms with Crippen molar-refractivity contribution in [3.63, 3.8) is 0 Å². The molecule has 1 unspecified atom stereocenters. The second kappa shape index (κ2) is 11.4. The molecule has 0 saturated heterocycles. The number of hydrogen-bond donors (Lipinski definition) is 3. The predicted molar refractivity (Wildman–Crippen MR) is 89.0 cm³/mol. The average Bonchev–Trinajstić information content (AvgIpc) is 2.46. The molecule has 0 amide bonds.